The molecule has 0 aromatic carbocycles. The summed E-state index contributed by atoms with van der Waals surface area (Å²) in [7, 11) is -0.878. The molecule has 2 heterocycles. The van der Waals surface area contributed by atoms with Gasteiger partial charge in [-0.3, -0.25) is 4.21 Å². The Bertz CT molecular complexity index is 348. The number of pyridine rings is 1. The Morgan fingerprint density at radius 2 is 2.06 bits per heavy atom. The van der Waals surface area contributed by atoms with Gasteiger partial charge in [0.2, 0.25) is 0 Å². The van der Waals surface area contributed by atoms with Crippen LogP contribution >= 0.6 is 0 Å². The Labute approximate surface area is 122 Å². The molecule has 1 aromatic heterocycles. The molecular weight excluding hydrogens is 295 g/mol. The zero-order chi connectivity index (χ0) is 11.2. The first-order valence-corrected chi connectivity index (χ1v) is 6.94. The Hall–Kier alpha value is -0.200. The number of H-pyrrole nitrogens is 1. The monoisotopic (exact) mass is 312 g/mol. The highest BCUT2D eigenvalue weighted by Crippen LogP contribution is 2.00. The maximum atomic E-state index is 11.9. The normalized spacial score (nSPS) is 17.3. The van der Waals surface area contributed by atoms with Crippen molar-refractivity contribution in [3.8, 4) is 0 Å². The minimum Gasteiger partial charge on any atom is -1.00 e. The maximum absolute atomic E-state index is 11.9. The predicted molar refractivity (Wildman–Crippen MR) is 60.7 cm³/mol. The number of aromatic nitrogens is 1. The molecule has 7 heteroatoms. The van der Waals surface area contributed by atoms with E-state index in [4.69, 9.17) is 4.74 Å². The van der Waals surface area contributed by atoms with Crippen molar-refractivity contribution >= 4 is 10.8 Å². The summed E-state index contributed by atoms with van der Waals surface area (Å²) < 4.78 is 17.2. The third-order valence-electron chi connectivity index (χ3n) is 2.78. The summed E-state index contributed by atoms with van der Waals surface area (Å²) in [6.45, 7) is 4.71. The molecule has 104 valence electrons. The summed E-state index contributed by atoms with van der Waals surface area (Å²) in [4.78, 5) is 5.34. The Balaban J connectivity index is 0.00000144. The zero-order valence-electron chi connectivity index (χ0n) is 10.0. The van der Waals surface area contributed by atoms with Crippen molar-refractivity contribution in [1.82, 2.24) is 0 Å². The van der Waals surface area contributed by atoms with Crippen molar-refractivity contribution in [2.75, 3.05) is 38.6 Å². The number of halogens is 2. The molecule has 1 unspecified atom stereocenters. The van der Waals surface area contributed by atoms with Crippen LogP contribution in [-0.4, -0.2) is 42.8 Å². The van der Waals surface area contributed by atoms with Gasteiger partial charge in [0.05, 0.1) is 36.3 Å². The summed E-state index contributed by atoms with van der Waals surface area (Å²) >= 11 is 0. The van der Waals surface area contributed by atoms with Crippen LogP contribution in [0.25, 0.3) is 0 Å². The molecule has 1 aliphatic rings. The molecule has 0 aliphatic carbocycles. The number of hydrogen-bond acceptors (Lipinski definition) is 2. The van der Waals surface area contributed by atoms with E-state index in [0.717, 1.165) is 43.5 Å². The van der Waals surface area contributed by atoms with E-state index >= 15 is 0 Å². The van der Waals surface area contributed by atoms with Crippen LogP contribution in [0.2, 0.25) is 0 Å². The van der Waals surface area contributed by atoms with E-state index in [2.05, 4.69) is 4.98 Å². The number of morpholine rings is 1. The van der Waals surface area contributed by atoms with Gasteiger partial charge in [0, 0.05) is 6.07 Å². The molecule has 0 saturated carbocycles. The molecule has 2 rings (SSSR count). The van der Waals surface area contributed by atoms with Crippen molar-refractivity contribution in [2.24, 2.45) is 0 Å². The Morgan fingerprint density at radius 3 is 2.67 bits per heavy atom. The highest BCUT2D eigenvalue weighted by Gasteiger charge is 2.15. The molecule has 0 radical (unpaired) electrons. The van der Waals surface area contributed by atoms with Gasteiger partial charge in [-0.25, -0.2) is 4.98 Å². The fourth-order valence-electron chi connectivity index (χ4n) is 1.78. The summed E-state index contributed by atoms with van der Waals surface area (Å²) in [6.07, 6.45) is 3.64. The minimum atomic E-state index is -0.878. The first-order chi connectivity index (χ1) is 7.86. The van der Waals surface area contributed by atoms with E-state index in [1.54, 1.807) is 0 Å². The first-order valence-electron chi connectivity index (χ1n) is 5.62. The van der Waals surface area contributed by atoms with Crippen molar-refractivity contribution in [2.45, 2.75) is 4.90 Å². The second-order valence-electron chi connectivity index (χ2n) is 3.90. The van der Waals surface area contributed by atoms with Crippen LogP contribution in [0.5, 0.6) is 0 Å². The van der Waals surface area contributed by atoms with E-state index in [-0.39, 0.29) is 24.8 Å². The van der Waals surface area contributed by atoms with Crippen molar-refractivity contribution in [1.29, 1.82) is 0 Å². The molecule has 4 nitrogen and oxygen atoms in total. The molecule has 0 spiro atoms. The molecule has 1 atom stereocenters. The quantitative estimate of drug-likeness (QED) is 0.600. The summed E-state index contributed by atoms with van der Waals surface area (Å²) in [5.41, 5.74) is 0. The second-order valence-corrected chi connectivity index (χ2v) is 5.47. The zero-order valence-corrected chi connectivity index (χ0v) is 12.4. The van der Waals surface area contributed by atoms with Crippen molar-refractivity contribution < 1.29 is 43.6 Å². The fraction of sp³-hybridized carbons (Fsp3) is 0.545. The molecule has 0 amide bonds. The van der Waals surface area contributed by atoms with Crippen LogP contribution in [0.1, 0.15) is 0 Å². The van der Waals surface area contributed by atoms with Crippen LogP contribution in [-0.2, 0) is 15.5 Å². The van der Waals surface area contributed by atoms with Gasteiger partial charge in [-0.2, -0.15) is 0 Å². The molecule has 18 heavy (non-hydrogen) atoms. The van der Waals surface area contributed by atoms with Gasteiger partial charge in [0.25, 0.3) is 0 Å². The van der Waals surface area contributed by atoms with Gasteiger partial charge in [0.15, 0.2) is 12.4 Å². The summed E-state index contributed by atoms with van der Waals surface area (Å²) in [5, 5.41) is 0. The van der Waals surface area contributed by atoms with Crippen molar-refractivity contribution in [3.63, 3.8) is 0 Å². The van der Waals surface area contributed by atoms with Gasteiger partial charge in [-0.1, -0.05) is 0 Å². The lowest BCUT2D eigenvalue weighted by Crippen LogP contribution is -3.14. The Morgan fingerprint density at radius 1 is 1.33 bits per heavy atom. The Kier molecular flexibility index (Phi) is 9.59. The number of nitrogens with one attached hydrogen (secondary N) is 2. The van der Waals surface area contributed by atoms with E-state index in [0.29, 0.717) is 0 Å². The van der Waals surface area contributed by atoms with Crippen LogP contribution in [0.4, 0.5) is 0 Å². The predicted octanol–water partition coefficient (Wildman–Crippen LogP) is -7.47. The average Bonchev–Trinajstić information content (AvgIpc) is 2.38. The highest BCUT2D eigenvalue weighted by atomic mass is 35.5. The molecular formula is C11H18Cl2N2O2S. The standard InChI is InChI=1S/C11H16N2O2S.2ClH/c14-16(11-2-1-3-12-10-11)9-6-13-4-7-15-8-5-13;;/h1-3,10H,4-9H2;2*1H. The van der Waals surface area contributed by atoms with E-state index in [9.17, 15) is 4.21 Å². The SMILES string of the molecule is O=S(CC[NH+]1CCOCC1)c1ccc[nH+]c1.[Cl-].[Cl-]. The van der Waals surface area contributed by atoms with Crippen LogP contribution in [0.15, 0.2) is 29.4 Å². The molecule has 1 aromatic rings. The largest absolute Gasteiger partial charge is 1.00 e. The van der Waals surface area contributed by atoms with E-state index in [1.165, 1.54) is 4.90 Å². The molecule has 0 bridgehead atoms. The first kappa shape index (κ1) is 17.8. The summed E-state index contributed by atoms with van der Waals surface area (Å²) in [6, 6.07) is 3.79. The number of aromatic amines is 1. The van der Waals surface area contributed by atoms with Gasteiger partial charge in [-0.15, -0.1) is 0 Å². The maximum Gasteiger partial charge on any atom is 0.183 e. The lowest BCUT2D eigenvalue weighted by atomic mass is 10.4. The van der Waals surface area contributed by atoms with Gasteiger partial charge < -0.3 is 34.5 Å². The topological polar surface area (TPSA) is 44.9 Å². The second kappa shape index (κ2) is 9.69. The number of ether oxygens (including phenoxy) is 1. The number of quaternary nitrogens is 1. The average molecular weight is 313 g/mol. The minimum absolute atomic E-state index is 0. The number of rotatable bonds is 4. The molecule has 1 aliphatic heterocycles. The number of hydrogen-bond donors (Lipinski definition) is 1. The fourth-order valence-corrected chi connectivity index (χ4v) is 2.92. The third kappa shape index (κ3) is 5.63. The van der Waals surface area contributed by atoms with Gasteiger partial charge in [0.1, 0.15) is 18.0 Å². The van der Waals surface area contributed by atoms with Gasteiger partial charge in [-0.05, 0) is 6.07 Å². The molecule has 1 fully saturated rings. The third-order valence-corrected chi connectivity index (χ3v) is 4.14. The molecule has 1 saturated heterocycles. The highest BCUT2D eigenvalue weighted by molar-refractivity contribution is 7.85. The van der Waals surface area contributed by atoms with E-state index < -0.39 is 10.8 Å². The van der Waals surface area contributed by atoms with Crippen LogP contribution in [0, 0.1) is 0 Å². The van der Waals surface area contributed by atoms with Gasteiger partial charge >= 0.3 is 0 Å². The molecule has 2 N–H and O–H groups in total. The smallest absolute Gasteiger partial charge is 0.183 e. The summed E-state index contributed by atoms with van der Waals surface area (Å²) in [5.74, 6) is 0.729. The lowest BCUT2D eigenvalue weighted by Gasteiger charge is -2.23. The van der Waals surface area contributed by atoms with Crippen LogP contribution in [0.3, 0.4) is 0 Å². The lowest BCUT2D eigenvalue weighted by molar-refractivity contribution is -0.905. The van der Waals surface area contributed by atoms with Crippen molar-refractivity contribution in [3.05, 3.63) is 24.5 Å². The van der Waals surface area contributed by atoms with E-state index in [1.807, 2.05) is 24.5 Å². The van der Waals surface area contributed by atoms with Crippen LogP contribution < -0.4 is 34.7 Å².